The molecule has 4 unspecified atom stereocenters. The van der Waals surface area contributed by atoms with Gasteiger partial charge in [-0.15, -0.1) is 0 Å². The van der Waals surface area contributed by atoms with E-state index in [1.54, 1.807) is 6.33 Å². The Hall–Kier alpha value is -1.63. The molecule has 2 fully saturated rings. The van der Waals surface area contributed by atoms with Crippen LogP contribution in [0.15, 0.2) is 11.3 Å². The number of hydrogen-bond acceptors (Lipinski definition) is 4. The molecule has 0 bridgehead atoms. The predicted molar refractivity (Wildman–Crippen MR) is 96.4 cm³/mol. The summed E-state index contributed by atoms with van der Waals surface area (Å²) in [5, 5.41) is 11.7. The van der Waals surface area contributed by atoms with E-state index in [9.17, 15) is 0 Å². The van der Waals surface area contributed by atoms with E-state index in [1.165, 1.54) is 12.8 Å². The SMILES string of the molecule is CCN=C(NC1CCc2ncnn2C1)NC1C2CCCOC2C1(C)C. The Bertz CT molecular complexity index is 639. The Morgan fingerprint density at radius 3 is 3.12 bits per heavy atom. The molecule has 2 aliphatic heterocycles. The third-order valence-corrected chi connectivity index (χ3v) is 6.09. The molecule has 1 saturated heterocycles. The van der Waals surface area contributed by atoms with Gasteiger partial charge < -0.3 is 15.4 Å². The Balaban J connectivity index is 1.41. The normalized spacial score (nSPS) is 33.8. The molecule has 0 spiro atoms. The highest BCUT2D eigenvalue weighted by molar-refractivity contribution is 5.80. The summed E-state index contributed by atoms with van der Waals surface area (Å²) in [5.41, 5.74) is 0.146. The lowest BCUT2D eigenvalue weighted by Crippen LogP contribution is -2.71. The van der Waals surface area contributed by atoms with Crippen molar-refractivity contribution in [2.75, 3.05) is 13.2 Å². The van der Waals surface area contributed by atoms with Crippen molar-refractivity contribution >= 4 is 5.96 Å². The summed E-state index contributed by atoms with van der Waals surface area (Å²) in [6.45, 7) is 9.23. The zero-order valence-corrected chi connectivity index (χ0v) is 15.5. The number of rotatable bonds is 3. The lowest BCUT2D eigenvalue weighted by molar-refractivity contribution is -0.188. The van der Waals surface area contributed by atoms with Crippen molar-refractivity contribution in [3.63, 3.8) is 0 Å². The van der Waals surface area contributed by atoms with Crippen molar-refractivity contribution in [3.05, 3.63) is 12.2 Å². The second-order valence-corrected chi connectivity index (χ2v) is 8.10. The number of nitrogens with one attached hydrogen (secondary N) is 2. The minimum absolute atomic E-state index is 0.146. The van der Waals surface area contributed by atoms with Crippen molar-refractivity contribution in [2.24, 2.45) is 16.3 Å². The van der Waals surface area contributed by atoms with Gasteiger partial charge in [0, 0.05) is 43.0 Å². The number of hydrogen-bond donors (Lipinski definition) is 2. The molecule has 0 aromatic carbocycles. The summed E-state index contributed by atoms with van der Waals surface area (Å²) >= 11 is 0. The van der Waals surface area contributed by atoms with Gasteiger partial charge in [0.05, 0.1) is 12.6 Å². The fourth-order valence-electron chi connectivity index (χ4n) is 4.80. The third-order valence-electron chi connectivity index (χ3n) is 6.09. The van der Waals surface area contributed by atoms with Gasteiger partial charge in [0.25, 0.3) is 0 Å². The summed E-state index contributed by atoms with van der Waals surface area (Å²) in [7, 11) is 0. The quantitative estimate of drug-likeness (QED) is 0.638. The smallest absolute Gasteiger partial charge is 0.191 e. The van der Waals surface area contributed by atoms with E-state index in [2.05, 4.69) is 41.5 Å². The summed E-state index contributed by atoms with van der Waals surface area (Å²) in [6, 6.07) is 0.759. The van der Waals surface area contributed by atoms with E-state index in [-0.39, 0.29) is 5.41 Å². The number of fused-ring (bicyclic) bond motifs is 2. The third kappa shape index (κ3) is 3.03. The minimum Gasteiger partial charge on any atom is -0.377 e. The molecule has 0 radical (unpaired) electrons. The summed E-state index contributed by atoms with van der Waals surface area (Å²) < 4.78 is 8.03. The average Bonchev–Trinajstić information content (AvgIpc) is 3.07. The second-order valence-electron chi connectivity index (χ2n) is 8.10. The van der Waals surface area contributed by atoms with Gasteiger partial charge in [0.2, 0.25) is 0 Å². The first-order valence-corrected chi connectivity index (χ1v) is 9.65. The molecule has 4 rings (SSSR count). The van der Waals surface area contributed by atoms with Crippen LogP contribution in [0.5, 0.6) is 0 Å². The maximum Gasteiger partial charge on any atom is 0.191 e. The lowest BCUT2D eigenvalue weighted by atomic mass is 9.55. The van der Waals surface area contributed by atoms with E-state index in [1.807, 2.05) is 4.68 Å². The number of aromatic nitrogens is 3. The van der Waals surface area contributed by atoms with Crippen LogP contribution in [0.3, 0.4) is 0 Å². The Kier molecular flexibility index (Phi) is 4.43. The van der Waals surface area contributed by atoms with Crippen LogP contribution in [0.2, 0.25) is 0 Å². The number of aliphatic imine (C=N–C) groups is 1. The fraction of sp³-hybridized carbons (Fsp3) is 0.833. The largest absolute Gasteiger partial charge is 0.377 e. The molecule has 1 aliphatic carbocycles. The maximum atomic E-state index is 6.03. The van der Waals surface area contributed by atoms with Gasteiger partial charge in [0.15, 0.2) is 5.96 Å². The highest BCUT2D eigenvalue weighted by atomic mass is 16.5. The van der Waals surface area contributed by atoms with Crippen LogP contribution in [0.1, 0.15) is 45.9 Å². The number of ether oxygens (including phenoxy) is 1. The maximum absolute atomic E-state index is 6.03. The predicted octanol–water partition coefficient (Wildman–Crippen LogP) is 1.35. The monoisotopic (exact) mass is 346 g/mol. The van der Waals surface area contributed by atoms with Crippen molar-refractivity contribution in [3.8, 4) is 0 Å². The fourth-order valence-corrected chi connectivity index (χ4v) is 4.80. The molecule has 25 heavy (non-hydrogen) atoms. The van der Waals surface area contributed by atoms with Crippen LogP contribution in [0, 0.1) is 11.3 Å². The van der Waals surface area contributed by atoms with Crippen LogP contribution in [0.25, 0.3) is 0 Å². The van der Waals surface area contributed by atoms with Gasteiger partial charge in [-0.2, -0.15) is 5.10 Å². The number of nitrogens with zero attached hydrogens (tertiary/aromatic N) is 4. The molecule has 1 aromatic rings. The van der Waals surface area contributed by atoms with Crippen LogP contribution in [0.4, 0.5) is 0 Å². The summed E-state index contributed by atoms with van der Waals surface area (Å²) in [4.78, 5) is 9.00. The minimum atomic E-state index is 0.146. The standard InChI is InChI=1S/C18H30N6O/c1-4-19-17(22-12-7-8-14-20-11-21-24(14)10-12)23-15-13-6-5-9-25-16(13)18(15,2)3/h11-13,15-16H,4-10H2,1-3H3,(H2,19,22,23). The molecule has 1 saturated carbocycles. The van der Waals surface area contributed by atoms with E-state index in [0.717, 1.165) is 44.3 Å². The molecule has 3 heterocycles. The highest BCUT2D eigenvalue weighted by Crippen LogP contribution is 2.51. The molecular weight excluding hydrogens is 316 g/mol. The molecule has 4 atom stereocenters. The molecule has 1 aromatic heterocycles. The highest BCUT2D eigenvalue weighted by Gasteiger charge is 2.58. The molecule has 0 amide bonds. The first-order valence-electron chi connectivity index (χ1n) is 9.65. The first-order chi connectivity index (χ1) is 12.1. The van der Waals surface area contributed by atoms with Crippen molar-refractivity contribution in [2.45, 2.75) is 71.2 Å². The molecular formula is C18H30N6O. The van der Waals surface area contributed by atoms with Crippen molar-refractivity contribution in [1.29, 1.82) is 0 Å². The molecule has 2 N–H and O–H groups in total. The average molecular weight is 346 g/mol. The topological polar surface area (TPSA) is 76.4 Å². The van der Waals surface area contributed by atoms with Crippen molar-refractivity contribution in [1.82, 2.24) is 25.4 Å². The molecule has 3 aliphatic rings. The number of aryl methyl sites for hydroxylation is 1. The van der Waals surface area contributed by atoms with E-state index in [0.29, 0.717) is 24.1 Å². The van der Waals surface area contributed by atoms with E-state index < -0.39 is 0 Å². The zero-order chi connectivity index (χ0) is 17.4. The summed E-state index contributed by atoms with van der Waals surface area (Å²) in [5.74, 6) is 2.61. The van der Waals surface area contributed by atoms with Crippen molar-refractivity contribution < 1.29 is 4.74 Å². The molecule has 7 nitrogen and oxygen atoms in total. The summed E-state index contributed by atoms with van der Waals surface area (Å²) in [6.07, 6.45) is 6.47. The van der Waals surface area contributed by atoms with Crippen LogP contribution in [-0.2, 0) is 17.7 Å². The van der Waals surface area contributed by atoms with Gasteiger partial charge >= 0.3 is 0 Å². The lowest BCUT2D eigenvalue weighted by Gasteiger charge is -2.60. The van der Waals surface area contributed by atoms with Gasteiger partial charge in [-0.1, -0.05) is 13.8 Å². The molecule has 138 valence electrons. The van der Waals surface area contributed by atoms with Gasteiger partial charge in [-0.3, -0.25) is 4.99 Å². The second kappa shape index (κ2) is 6.59. The Labute approximate surface area is 149 Å². The van der Waals surface area contributed by atoms with Crippen LogP contribution < -0.4 is 10.6 Å². The first kappa shape index (κ1) is 16.8. The number of guanidine groups is 1. The van der Waals surface area contributed by atoms with E-state index >= 15 is 0 Å². The van der Waals surface area contributed by atoms with Gasteiger partial charge in [0.1, 0.15) is 12.2 Å². The zero-order valence-electron chi connectivity index (χ0n) is 15.5. The van der Waals surface area contributed by atoms with Gasteiger partial charge in [-0.25, -0.2) is 9.67 Å². The Morgan fingerprint density at radius 2 is 2.28 bits per heavy atom. The molecule has 7 heteroatoms. The van der Waals surface area contributed by atoms with E-state index in [4.69, 9.17) is 9.73 Å². The van der Waals surface area contributed by atoms with Crippen LogP contribution in [-0.4, -0.2) is 52.1 Å². The Morgan fingerprint density at radius 1 is 1.40 bits per heavy atom. The van der Waals surface area contributed by atoms with Gasteiger partial charge in [-0.05, 0) is 26.2 Å². The van der Waals surface area contributed by atoms with Crippen LogP contribution >= 0.6 is 0 Å².